The standard InChI is InChI=1S/C10H8N2O2/c1-7-6-9(13)12-10(14-7)8-4-2-3-5-11-8/h2-6H,1H3. The number of hydrogen-bond acceptors (Lipinski definition) is 4. The Morgan fingerprint density at radius 2 is 2.21 bits per heavy atom. The van der Waals surface area contributed by atoms with Crippen LogP contribution in [0.15, 0.2) is 39.7 Å². The van der Waals surface area contributed by atoms with Crippen LogP contribution in [-0.4, -0.2) is 9.97 Å². The summed E-state index contributed by atoms with van der Waals surface area (Å²) >= 11 is 0. The van der Waals surface area contributed by atoms with Gasteiger partial charge in [0.2, 0.25) is 5.89 Å². The molecule has 0 saturated heterocycles. The second-order valence-electron chi connectivity index (χ2n) is 2.83. The quantitative estimate of drug-likeness (QED) is 0.678. The maximum atomic E-state index is 11.1. The molecular formula is C10H8N2O2. The number of nitrogens with zero attached hydrogens (tertiary/aromatic N) is 2. The van der Waals surface area contributed by atoms with Gasteiger partial charge < -0.3 is 4.42 Å². The van der Waals surface area contributed by atoms with Crippen molar-refractivity contribution in [3.63, 3.8) is 0 Å². The third kappa shape index (κ3) is 1.69. The molecule has 0 N–H and O–H groups in total. The van der Waals surface area contributed by atoms with E-state index >= 15 is 0 Å². The van der Waals surface area contributed by atoms with Gasteiger partial charge in [-0.3, -0.25) is 9.78 Å². The minimum Gasteiger partial charge on any atom is -0.442 e. The first-order chi connectivity index (χ1) is 6.75. The van der Waals surface area contributed by atoms with E-state index in [1.54, 1.807) is 25.3 Å². The van der Waals surface area contributed by atoms with E-state index in [-0.39, 0.29) is 11.4 Å². The van der Waals surface area contributed by atoms with Gasteiger partial charge in [0, 0.05) is 12.3 Å². The molecule has 4 heteroatoms. The van der Waals surface area contributed by atoms with Crippen LogP contribution in [0.4, 0.5) is 0 Å². The van der Waals surface area contributed by atoms with Gasteiger partial charge in [-0.2, -0.15) is 4.98 Å². The Bertz CT molecular complexity index is 491. The van der Waals surface area contributed by atoms with Crippen LogP contribution in [-0.2, 0) is 0 Å². The Morgan fingerprint density at radius 1 is 1.36 bits per heavy atom. The molecule has 4 nitrogen and oxygen atoms in total. The fourth-order valence-electron chi connectivity index (χ4n) is 1.11. The van der Waals surface area contributed by atoms with E-state index in [1.807, 2.05) is 6.07 Å². The molecule has 2 heterocycles. The zero-order valence-electron chi connectivity index (χ0n) is 7.60. The monoisotopic (exact) mass is 188 g/mol. The lowest BCUT2D eigenvalue weighted by atomic mass is 10.3. The number of hydrogen-bond donors (Lipinski definition) is 0. The fraction of sp³-hybridized carbons (Fsp3) is 0.100. The fourth-order valence-corrected chi connectivity index (χ4v) is 1.11. The highest BCUT2D eigenvalue weighted by Gasteiger charge is 2.04. The summed E-state index contributed by atoms with van der Waals surface area (Å²) in [5.41, 5.74) is 0.253. The molecule has 2 rings (SSSR count). The molecule has 0 bridgehead atoms. The number of aryl methyl sites for hydroxylation is 1. The first-order valence-electron chi connectivity index (χ1n) is 4.16. The summed E-state index contributed by atoms with van der Waals surface area (Å²) in [4.78, 5) is 18.8. The van der Waals surface area contributed by atoms with Gasteiger partial charge in [0.1, 0.15) is 11.5 Å². The smallest absolute Gasteiger partial charge is 0.276 e. The zero-order chi connectivity index (χ0) is 9.97. The first-order valence-corrected chi connectivity index (χ1v) is 4.16. The van der Waals surface area contributed by atoms with Crippen molar-refractivity contribution in [2.75, 3.05) is 0 Å². The van der Waals surface area contributed by atoms with Gasteiger partial charge in [-0.1, -0.05) is 6.07 Å². The third-order valence-electron chi connectivity index (χ3n) is 1.68. The summed E-state index contributed by atoms with van der Waals surface area (Å²) in [6.07, 6.45) is 1.62. The Kier molecular flexibility index (Phi) is 2.10. The van der Waals surface area contributed by atoms with E-state index in [2.05, 4.69) is 9.97 Å². The molecule has 0 amide bonds. The molecule has 2 aromatic heterocycles. The summed E-state index contributed by atoms with van der Waals surface area (Å²) < 4.78 is 5.27. The summed E-state index contributed by atoms with van der Waals surface area (Å²) in [6, 6.07) is 6.68. The first kappa shape index (κ1) is 8.62. The van der Waals surface area contributed by atoms with Crippen LogP contribution < -0.4 is 5.56 Å². The van der Waals surface area contributed by atoms with E-state index in [0.717, 1.165) is 0 Å². The maximum absolute atomic E-state index is 11.1. The lowest BCUT2D eigenvalue weighted by molar-refractivity contribution is 0.507. The summed E-state index contributed by atoms with van der Waals surface area (Å²) in [6.45, 7) is 1.70. The van der Waals surface area contributed by atoms with Crippen molar-refractivity contribution in [1.82, 2.24) is 9.97 Å². The van der Waals surface area contributed by atoms with Crippen LogP contribution in [0.5, 0.6) is 0 Å². The lowest BCUT2D eigenvalue weighted by Crippen LogP contribution is -2.06. The Labute approximate surface area is 80.3 Å². The van der Waals surface area contributed by atoms with Crippen LogP contribution in [0.1, 0.15) is 5.76 Å². The summed E-state index contributed by atoms with van der Waals surface area (Å²) in [7, 11) is 0. The SMILES string of the molecule is Cc1cc(=O)nc(-c2ccccn2)o1. The number of rotatable bonds is 1. The highest BCUT2D eigenvalue weighted by Crippen LogP contribution is 2.11. The Morgan fingerprint density at radius 3 is 2.86 bits per heavy atom. The van der Waals surface area contributed by atoms with Crippen molar-refractivity contribution in [1.29, 1.82) is 0 Å². The molecule has 0 radical (unpaired) electrons. The molecule has 2 aromatic rings. The molecule has 0 aliphatic rings. The molecule has 0 fully saturated rings. The lowest BCUT2D eigenvalue weighted by Gasteiger charge is -1.98. The van der Waals surface area contributed by atoms with Crippen LogP contribution in [0.25, 0.3) is 11.6 Å². The molecule has 14 heavy (non-hydrogen) atoms. The molecule has 0 aromatic carbocycles. The molecule has 70 valence electrons. The van der Waals surface area contributed by atoms with Gasteiger partial charge in [-0.05, 0) is 19.1 Å². The van der Waals surface area contributed by atoms with E-state index in [9.17, 15) is 4.79 Å². The van der Waals surface area contributed by atoms with Gasteiger partial charge in [0.05, 0.1) is 0 Å². The molecule has 0 spiro atoms. The molecular weight excluding hydrogens is 180 g/mol. The van der Waals surface area contributed by atoms with Gasteiger partial charge in [0.25, 0.3) is 5.56 Å². The third-order valence-corrected chi connectivity index (χ3v) is 1.68. The number of pyridine rings is 1. The predicted molar refractivity (Wildman–Crippen MR) is 50.7 cm³/mol. The minimum absolute atomic E-state index is 0.260. The number of aromatic nitrogens is 2. The summed E-state index contributed by atoms with van der Waals surface area (Å²) in [5.74, 6) is 0.793. The van der Waals surface area contributed by atoms with Gasteiger partial charge in [0.15, 0.2) is 0 Å². The van der Waals surface area contributed by atoms with Crippen LogP contribution >= 0.6 is 0 Å². The van der Waals surface area contributed by atoms with Crippen LogP contribution in [0, 0.1) is 6.92 Å². The average Bonchev–Trinajstić information content (AvgIpc) is 2.18. The van der Waals surface area contributed by atoms with E-state index in [4.69, 9.17) is 4.42 Å². The molecule has 0 aliphatic heterocycles. The van der Waals surface area contributed by atoms with E-state index in [1.165, 1.54) is 6.07 Å². The highest BCUT2D eigenvalue weighted by atomic mass is 16.3. The van der Waals surface area contributed by atoms with Crippen molar-refractivity contribution in [3.05, 3.63) is 46.6 Å². The molecule has 0 unspecified atom stereocenters. The van der Waals surface area contributed by atoms with Crippen LogP contribution in [0.3, 0.4) is 0 Å². The largest absolute Gasteiger partial charge is 0.442 e. The average molecular weight is 188 g/mol. The van der Waals surface area contributed by atoms with Gasteiger partial charge >= 0.3 is 0 Å². The molecule has 0 atom stereocenters. The maximum Gasteiger partial charge on any atom is 0.276 e. The minimum atomic E-state index is -0.311. The molecule has 0 aliphatic carbocycles. The topological polar surface area (TPSA) is 56.0 Å². The highest BCUT2D eigenvalue weighted by molar-refractivity contribution is 5.45. The van der Waals surface area contributed by atoms with Crippen molar-refractivity contribution in [2.24, 2.45) is 0 Å². The van der Waals surface area contributed by atoms with Gasteiger partial charge in [-0.15, -0.1) is 0 Å². The second kappa shape index (κ2) is 3.41. The Balaban J connectivity index is 2.58. The van der Waals surface area contributed by atoms with E-state index in [0.29, 0.717) is 11.5 Å². The van der Waals surface area contributed by atoms with Crippen molar-refractivity contribution in [3.8, 4) is 11.6 Å². The Hall–Kier alpha value is -1.97. The predicted octanol–water partition coefficient (Wildman–Crippen LogP) is 1.41. The zero-order valence-corrected chi connectivity index (χ0v) is 7.60. The van der Waals surface area contributed by atoms with E-state index < -0.39 is 0 Å². The van der Waals surface area contributed by atoms with Crippen molar-refractivity contribution in [2.45, 2.75) is 6.92 Å². The molecule has 0 saturated carbocycles. The normalized spacial score (nSPS) is 10.1. The summed E-state index contributed by atoms with van der Waals surface area (Å²) in [5, 5.41) is 0. The van der Waals surface area contributed by atoms with Crippen molar-refractivity contribution >= 4 is 0 Å². The van der Waals surface area contributed by atoms with Gasteiger partial charge in [-0.25, -0.2) is 0 Å². The second-order valence-corrected chi connectivity index (χ2v) is 2.83. The van der Waals surface area contributed by atoms with Crippen LogP contribution in [0.2, 0.25) is 0 Å². The van der Waals surface area contributed by atoms with Crippen molar-refractivity contribution < 1.29 is 4.42 Å².